The second-order valence-electron chi connectivity index (χ2n) is 5.14. The van der Waals surface area contributed by atoms with Crippen molar-refractivity contribution in [1.29, 1.82) is 0 Å². The van der Waals surface area contributed by atoms with Crippen LogP contribution in [0.2, 0.25) is 0 Å². The van der Waals surface area contributed by atoms with Crippen molar-refractivity contribution in [2.24, 2.45) is 5.10 Å². The standard InChI is InChI=1S/C19H20N2O3/c1-3-24-18-12-16(8-10-17(18)22)13-20-21-19(23)11-9-15-6-4-14(2)5-7-15/h4-13,22H,3H2,1-2H3,(H,21,23)/b11-9?,20-13+. The third kappa shape index (κ3) is 5.28. The summed E-state index contributed by atoms with van der Waals surface area (Å²) in [5, 5.41) is 13.5. The summed E-state index contributed by atoms with van der Waals surface area (Å²) in [6, 6.07) is 12.7. The van der Waals surface area contributed by atoms with Gasteiger partial charge in [-0.1, -0.05) is 29.8 Å². The Labute approximate surface area is 141 Å². The number of nitrogens with zero attached hydrogens (tertiary/aromatic N) is 1. The minimum absolute atomic E-state index is 0.0686. The monoisotopic (exact) mass is 324 g/mol. The number of hydrogen-bond donors (Lipinski definition) is 2. The number of phenols is 1. The van der Waals surface area contributed by atoms with E-state index >= 15 is 0 Å². The highest BCUT2D eigenvalue weighted by atomic mass is 16.5. The van der Waals surface area contributed by atoms with Gasteiger partial charge in [-0.25, -0.2) is 5.43 Å². The van der Waals surface area contributed by atoms with Crippen molar-refractivity contribution in [3.05, 3.63) is 65.2 Å². The van der Waals surface area contributed by atoms with E-state index in [2.05, 4.69) is 10.5 Å². The fourth-order valence-corrected chi connectivity index (χ4v) is 1.94. The number of ether oxygens (including phenoxy) is 1. The van der Waals surface area contributed by atoms with Gasteiger partial charge in [-0.3, -0.25) is 4.79 Å². The summed E-state index contributed by atoms with van der Waals surface area (Å²) in [7, 11) is 0. The van der Waals surface area contributed by atoms with Gasteiger partial charge in [0.2, 0.25) is 0 Å². The number of carbonyl (C=O) groups is 1. The van der Waals surface area contributed by atoms with Crippen molar-refractivity contribution < 1.29 is 14.6 Å². The number of carbonyl (C=O) groups excluding carboxylic acids is 1. The summed E-state index contributed by atoms with van der Waals surface area (Å²) in [4.78, 5) is 11.7. The molecule has 1 amide bonds. The number of hydrazone groups is 1. The quantitative estimate of drug-likeness (QED) is 0.487. The van der Waals surface area contributed by atoms with Gasteiger partial charge in [-0.05, 0) is 49.2 Å². The molecule has 0 fully saturated rings. The number of benzene rings is 2. The highest BCUT2D eigenvalue weighted by molar-refractivity contribution is 5.92. The molecule has 0 aliphatic carbocycles. The summed E-state index contributed by atoms with van der Waals surface area (Å²) in [5.74, 6) is 0.127. The van der Waals surface area contributed by atoms with Gasteiger partial charge >= 0.3 is 0 Å². The van der Waals surface area contributed by atoms with Crippen LogP contribution in [0.15, 0.2) is 53.6 Å². The van der Waals surface area contributed by atoms with E-state index in [-0.39, 0.29) is 11.7 Å². The first-order chi connectivity index (χ1) is 11.6. The largest absolute Gasteiger partial charge is 0.504 e. The molecule has 0 radical (unpaired) electrons. The molecule has 0 aliphatic rings. The predicted octanol–water partition coefficient (Wildman–Crippen LogP) is 3.26. The van der Waals surface area contributed by atoms with E-state index in [9.17, 15) is 9.90 Å². The zero-order valence-corrected chi connectivity index (χ0v) is 13.7. The Morgan fingerprint density at radius 2 is 1.92 bits per heavy atom. The van der Waals surface area contributed by atoms with Crippen molar-refractivity contribution in [2.75, 3.05) is 6.61 Å². The average molecular weight is 324 g/mol. The molecule has 0 unspecified atom stereocenters. The lowest BCUT2D eigenvalue weighted by Crippen LogP contribution is -2.14. The SMILES string of the molecule is CCOc1cc(/C=N/NC(=O)C=Cc2ccc(C)cc2)ccc1O. The van der Waals surface area contributed by atoms with Crippen LogP contribution in [-0.4, -0.2) is 23.8 Å². The summed E-state index contributed by atoms with van der Waals surface area (Å²) in [5.41, 5.74) is 5.24. The van der Waals surface area contributed by atoms with E-state index < -0.39 is 0 Å². The van der Waals surface area contributed by atoms with Crippen molar-refractivity contribution in [2.45, 2.75) is 13.8 Å². The minimum atomic E-state index is -0.323. The maximum absolute atomic E-state index is 11.7. The van der Waals surface area contributed by atoms with Gasteiger partial charge in [-0.2, -0.15) is 5.10 Å². The molecule has 0 atom stereocenters. The van der Waals surface area contributed by atoms with Gasteiger partial charge in [-0.15, -0.1) is 0 Å². The van der Waals surface area contributed by atoms with Gasteiger partial charge in [0.15, 0.2) is 11.5 Å². The lowest BCUT2D eigenvalue weighted by molar-refractivity contribution is -0.116. The van der Waals surface area contributed by atoms with Crippen LogP contribution in [0.25, 0.3) is 6.08 Å². The van der Waals surface area contributed by atoms with Gasteiger partial charge < -0.3 is 9.84 Å². The molecule has 2 aromatic carbocycles. The summed E-state index contributed by atoms with van der Waals surface area (Å²) in [6.45, 7) is 4.30. The number of aryl methyl sites for hydroxylation is 1. The topological polar surface area (TPSA) is 70.9 Å². The molecule has 0 spiro atoms. The van der Waals surface area contributed by atoms with Crippen LogP contribution in [0, 0.1) is 6.92 Å². The predicted molar refractivity (Wildman–Crippen MR) is 95.2 cm³/mol. The van der Waals surface area contributed by atoms with Crippen molar-refractivity contribution in [1.82, 2.24) is 5.43 Å². The highest BCUT2D eigenvalue weighted by Crippen LogP contribution is 2.26. The molecule has 0 saturated carbocycles. The molecule has 0 aliphatic heterocycles. The van der Waals surface area contributed by atoms with Crippen LogP contribution in [0.3, 0.4) is 0 Å². The van der Waals surface area contributed by atoms with Gasteiger partial charge in [0.1, 0.15) is 0 Å². The molecule has 2 N–H and O–H groups in total. The number of nitrogens with one attached hydrogen (secondary N) is 1. The van der Waals surface area contributed by atoms with E-state index in [0.29, 0.717) is 17.9 Å². The first-order valence-electron chi connectivity index (χ1n) is 7.62. The Bertz CT molecular complexity index is 750. The summed E-state index contributed by atoms with van der Waals surface area (Å²) >= 11 is 0. The smallest absolute Gasteiger partial charge is 0.264 e. The lowest BCUT2D eigenvalue weighted by Gasteiger charge is -2.05. The molecule has 0 heterocycles. The molecular formula is C19H20N2O3. The normalized spacial score (nSPS) is 11.1. The number of phenolic OH excluding ortho intramolecular Hbond substituents is 1. The van der Waals surface area contributed by atoms with Gasteiger partial charge in [0.25, 0.3) is 5.91 Å². The third-order valence-electron chi connectivity index (χ3n) is 3.18. The molecule has 5 heteroatoms. The van der Waals surface area contributed by atoms with Gasteiger partial charge in [0.05, 0.1) is 12.8 Å². The van der Waals surface area contributed by atoms with Gasteiger partial charge in [0, 0.05) is 6.08 Å². The first kappa shape index (κ1) is 17.3. The van der Waals surface area contributed by atoms with Crippen LogP contribution < -0.4 is 10.2 Å². The fraction of sp³-hybridized carbons (Fsp3) is 0.158. The zero-order chi connectivity index (χ0) is 17.4. The molecule has 124 valence electrons. The molecule has 2 aromatic rings. The van der Waals surface area contributed by atoms with Crippen molar-refractivity contribution >= 4 is 18.2 Å². The van der Waals surface area contributed by atoms with Crippen molar-refractivity contribution in [3.8, 4) is 11.5 Å². The van der Waals surface area contributed by atoms with E-state index in [0.717, 1.165) is 5.56 Å². The Morgan fingerprint density at radius 3 is 2.62 bits per heavy atom. The van der Waals surface area contributed by atoms with Crippen LogP contribution >= 0.6 is 0 Å². The third-order valence-corrected chi connectivity index (χ3v) is 3.18. The number of amides is 1. The van der Waals surface area contributed by atoms with Crippen LogP contribution in [0.5, 0.6) is 11.5 Å². The molecular weight excluding hydrogens is 304 g/mol. The highest BCUT2D eigenvalue weighted by Gasteiger charge is 2.02. The Morgan fingerprint density at radius 1 is 1.21 bits per heavy atom. The Kier molecular flexibility index (Phi) is 6.14. The molecule has 24 heavy (non-hydrogen) atoms. The molecule has 5 nitrogen and oxygen atoms in total. The van der Waals surface area contributed by atoms with Crippen LogP contribution in [0.4, 0.5) is 0 Å². The van der Waals surface area contributed by atoms with E-state index in [1.165, 1.54) is 23.9 Å². The second kappa shape index (κ2) is 8.53. The first-order valence-corrected chi connectivity index (χ1v) is 7.62. The van der Waals surface area contributed by atoms with E-state index in [4.69, 9.17) is 4.74 Å². The average Bonchev–Trinajstić information content (AvgIpc) is 2.57. The number of aromatic hydroxyl groups is 1. The Hall–Kier alpha value is -3.08. The maximum Gasteiger partial charge on any atom is 0.264 e. The molecule has 0 saturated heterocycles. The van der Waals surface area contributed by atoms with E-state index in [1.54, 1.807) is 18.2 Å². The minimum Gasteiger partial charge on any atom is -0.504 e. The van der Waals surface area contributed by atoms with Crippen LogP contribution in [0.1, 0.15) is 23.6 Å². The second-order valence-corrected chi connectivity index (χ2v) is 5.14. The molecule has 0 aromatic heterocycles. The summed E-state index contributed by atoms with van der Waals surface area (Å²) in [6.07, 6.45) is 4.63. The summed E-state index contributed by atoms with van der Waals surface area (Å²) < 4.78 is 5.29. The number of hydrogen-bond acceptors (Lipinski definition) is 4. The van der Waals surface area contributed by atoms with E-state index in [1.807, 2.05) is 38.1 Å². The molecule has 2 rings (SSSR count). The lowest BCUT2D eigenvalue weighted by atomic mass is 10.1. The Balaban J connectivity index is 1.92. The van der Waals surface area contributed by atoms with Crippen LogP contribution in [-0.2, 0) is 4.79 Å². The molecule has 0 bridgehead atoms. The fourth-order valence-electron chi connectivity index (χ4n) is 1.94. The number of rotatable bonds is 6. The zero-order valence-electron chi connectivity index (χ0n) is 13.7. The van der Waals surface area contributed by atoms with Crippen molar-refractivity contribution in [3.63, 3.8) is 0 Å². The maximum atomic E-state index is 11.7.